The van der Waals surface area contributed by atoms with E-state index in [0.29, 0.717) is 17.3 Å². The molecule has 0 aliphatic carbocycles. The maximum absolute atomic E-state index is 14.1. The molecule has 0 spiro atoms. The largest absolute Gasteiger partial charge is 0.419 e. The second kappa shape index (κ2) is 6.68. The highest BCUT2D eigenvalue weighted by Gasteiger charge is 2.37. The van der Waals surface area contributed by atoms with Crippen molar-refractivity contribution >= 4 is 11.6 Å². The Labute approximate surface area is 163 Å². The minimum atomic E-state index is -4.80. The fourth-order valence-corrected chi connectivity index (χ4v) is 3.51. The van der Waals surface area contributed by atoms with Gasteiger partial charge in [0, 0.05) is 29.7 Å². The van der Waals surface area contributed by atoms with Gasteiger partial charge in [0.25, 0.3) is 5.91 Å². The summed E-state index contributed by atoms with van der Waals surface area (Å²) >= 11 is 0. The van der Waals surface area contributed by atoms with Crippen molar-refractivity contribution in [3.63, 3.8) is 0 Å². The van der Waals surface area contributed by atoms with Gasteiger partial charge in [-0.25, -0.2) is 4.39 Å². The lowest BCUT2D eigenvalue weighted by molar-refractivity contribution is -0.139. The van der Waals surface area contributed by atoms with Gasteiger partial charge in [0.15, 0.2) is 0 Å². The predicted octanol–water partition coefficient (Wildman–Crippen LogP) is 4.63. The Bertz CT molecular complexity index is 1110. The molecule has 1 amide bonds. The fraction of sp³-hybridized carbons (Fsp3) is 0.250. The Morgan fingerprint density at radius 2 is 1.93 bits per heavy atom. The lowest BCUT2D eigenvalue weighted by Crippen LogP contribution is -2.43. The molecular formula is C20H16F4N4O. The van der Waals surface area contributed by atoms with Crippen molar-refractivity contribution in [2.45, 2.75) is 26.1 Å². The topological polar surface area (TPSA) is 51.0 Å². The lowest BCUT2D eigenvalue weighted by Gasteiger charge is -2.32. The summed E-state index contributed by atoms with van der Waals surface area (Å²) < 4.78 is 54.2. The molecule has 1 aromatic carbocycles. The molecule has 150 valence electrons. The van der Waals surface area contributed by atoms with Crippen molar-refractivity contribution in [1.29, 1.82) is 0 Å². The van der Waals surface area contributed by atoms with Crippen LogP contribution in [0, 0.1) is 12.7 Å². The highest BCUT2D eigenvalue weighted by atomic mass is 19.4. The fourth-order valence-electron chi connectivity index (χ4n) is 3.51. The number of pyridine rings is 1. The molecule has 0 bridgehead atoms. The summed E-state index contributed by atoms with van der Waals surface area (Å²) in [7, 11) is 0. The lowest BCUT2D eigenvalue weighted by atomic mass is 10.0. The SMILES string of the molecule is Cc1cc(-c2cnn3c2C(=O)N(c2ccc(C(F)(F)F)c(F)c2)CC3C)ccn1. The molecule has 1 unspecified atom stereocenters. The number of amides is 1. The Morgan fingerprint density at radius 1 is 1.17 bits per heavy atom. The van der Waals surface area contributed by atoms with Crippen LogP contribution in [-0.2, 0) is 6.18 Å². The van der Waals surface area contributed by atoms with E-state index in [2.05, 4.69) is 10.1 Å². The molecule has 2 aromatic heterocycles. The van der Waals surface area contributed by atoms with E-state index in [1.165, 1.54) is 4.90 Å². The average molecular weight is 404 g/mol. The van der Waals surface area contributed by atoms with Gasteiger partial charge in [-0.1, -0.05) is 0 Å². The van der Waals surface area contributed by atoms with Crippen molar-refractivity contribution in [1.82, 2.24) is 14.8 Å². The van der Waals surface area contributed by atoms with Gasteiger partial charge >= 0.3 is 6.18 Å². The predicted molar refractivity (Wildman–Crippen MR) is 98.0 cm³/mol. The van der Waals surface area contributed by atoms with Crippen LogP contribution in [0.1, 0.15) is 34.7 Å². The molecule has 1 aliphatic rings. The first-order chi connectivity index (χ1) is 13.7. The van der Waals surface area contributed by atoms with Crippen LogP contribution >= 0.6 is 0 Å². The number of carbonyl (C=O) groups is 1. The zero-order valence-electron chi connectivity index (χ0n) is 15.5. The van der Waals surface area contributed by atoms with Gasteiger partial charge in [-0.2, -0.15) is 18.3 Å². The van der Waals surface area contributed by atoms with Gasteiger partial charge in [0.05, 0.1) is 17.8 Å². The highest BCUT2D eigenvalue weighted by molar-refractivity contribution is 6.09. The van der Waals surface area contributed by atoms with Crippen LogP contribution in [0.15, 0.2) is 42.7 Å². The van der Waals surface area contributed by atoms with Crippen LogP contribution in [0.2, 0.25) is 0 Å². The third-order valence-electron chi connectivity index (χ3n) is 4.88. The van der Waals surface area contributed by atoms with Crippen molar-refractivity contribution in [2.75, 3.05) is 11.4 Å². The standard InChI is InChI=1S/C20H16F4N4O/c1-11-7-13(5-6-25-11)15-9-26-28-12(2)10-27(19(29)18(15)28)14-3-4-16(17(21)8-14)20(22,23)24/h3-9,12H,10H2,1-2H3. The van der Waals surface area contributed by atoms with E-state index in [0.717, 1.165) is 23.4 Å². The second-order valence-electron chi connectivity index (χ2n) is 6.96. The first-order valence-corrected chi connectivity index (χ1v) is 8.86. The van der Waals surface area contributed by atoms with Gasteiger partial charge in [0.2, 0.25) is 0 Å². The van der Waals surface area contributed by atoms with E-state index in [9.17, 15) is 22.4 Å². The molecule has 9 heteroatoms. The number of alkyl halides is 3. The zero-order chi connectivity index (χ0) is 20.9. The molecule has 0 radical (unpaired) electrons. The Kier molecular flexibility index (Phi) is 4.40. The quantitative estimate of drug-likeness (QED) is 0.585. The number of halogens is 4. The number of aryl methyl sites for hydroxylation is 1. The van der Waals surface area contributed by atoms with Crippen LogP contribution < -0.4 is 4.90 Å². The second-order valence-corrected chi connectivity index (χ2v) is 6.96. The van der Waals surface area contributed by atoms with Crippen molar-refractivity contribution in [2.24, 2.45) is 0 Å². The van der Waals surface area contributed by atoms with Gasteiger partial charge in [0.1, 0.15) is 11.5 Å². The van der Waals surface area contributed by atoms with Gasteiger partial charge < -0.3 is 4.90 Å². The van der Waals surface area contributed by atoms with Crippen LogP contribution in [0.5, 0.6) is 0 Å². The van der Waals surface area contributed by atoms with Crippen LogP contribution in [0.4, 0.5) is 23.2 Å². The molecule has 0 N–H and O–H groups in total. The Morgan fingerprint density at radius 3 is 2.59 bits per heavy atom. The number of benzene rings is 1. The maximum Gasteiger partial charge on any atom is 0.419 e. The maximum atomic E-state index is 14.1. The molecule has 3 heterocycles. The van der Waals surface area contributed by atoms with Crippen LogP contribution in [-0.4, -0.2) is 27.2 Å². The average Bonchev–Trinajstić information content (AvgIpc) is 3.09. The summed E-state index contributed by atoms with van der Waals surface area (Å²) in [5, 5.41) is 4.31. The highest BCUT2D eigenvalue weighted by Crippen LogP contribution is 2.36. The van der Waals surface area contributed by atoms with E-state index in [4.69, 9.17) is 0 Å². The molecule has 0 fully saturated rings. The summed E-state index contributed by atoms with van der Waals surface area (Å²) in [6.07, 6.45) is -1.60. The minimum Gasteiger partial charge on any atom is -0.305 e. The monoisotopic (exact) mass is 404 g/mol. The number of rotatable bonds is 2. The Balaban J connectivity index is 1.77. The summed E-state index contributed by atoms with van der Waals surface area (Å²) in [4.78, 5) is 18.6. The van der Waals surface area contributed by atoms with E-state index in [1.54, 1.807) is 23.1 Å². The normalized spacial score (nSPS) is 16.8. The van der Waals surface area contributed by atoms with Crippen molar-refractivity contribution in [3.8, 4) is 11.1 Å². The third-order valence-corrected chi connectivity index (χ3v) is 4.88. The molecule has 4 rings (SSSR count). The van der Waals surface area contributed by atoms with Gasteiger partial charge in [-0.05, 0) is 49.7 Å². The molecular weight excluding hydrogens is 388 g/mol. The Hall–Kier alpha value is -3.23. The van der Waals surface area contributed by atoms with E-state index < -0.39 is 23.5 Å². The molecule has 0 saturated heterocycles. The van der Waals surface area contributed by atoms with Crippen LogP contribution in [0.3, 0.4) is 0 Å². The van der Waals surface area contributed by atoms with Crippen LogP contribution in [0.25, 0.3) is 11.1 Å². The summed E-state index contributed by atoms with van der Waals surface area (Å²) in [6.45, 7) is 3.81. The molecule has 1 aliphatic heterocycles. The van der Waals surface area contributed by atoms with Gasteiger partial charge in [-0.15, -0.1) is 0 Å². The first-order valence-electron chi connectivity index (χ1n) is 8.86. The summed E-state index contributed by atoms with van der Waals surface area (Å²) in [6, 6.07) is 5.83. The molecule has 1 atom stereocenters. The van der Waals surface area contributed by atoms with Crippen molar-refractivity contribution < 1.29 is 22.4 Å². The number of anilines is 1. The number of carbonyl (C=O) groups excluding carboxylic acids is 1. The molecule has 29 heavy (non-hydrogen) atoms. The third kappa shape index (κ3) is 3.26. The number of nitrogens with zero attached hydrogens (tertiary/aromatic N) is 4. The van der Waals surface area contributed by atoms with Gasteiger partial charge in [-0.3, -0.25) is 14.5 Å². The first kappa shape index (κ1) is 19.1. The number of hydrogen-bond acceptors (Lipinski definition) is 3. The number of hydrogen-bond donors (Lipinski definition) is 0. The van der Waals surface area contributed by atoms with E-state index in [1.807, 2.05) is 19.9 Å². The number of aromatic nitrogens is 3. The molecule has 0 saturated carbocycles. The van der Waals surface area contributed by atoms with Crippen molar-refractivity contribution in [3.05, 3.63) is 65.5 Å². The summed E-state index contributed by atoms with van der Waals surface area (Å²) in [5.41, 5.74) is 1.10. The number of fused-ring (bicyclic) bond motifs is 1. The summed E-state index contributed by atoms with van der Waals surface area (Å²) in [5.74, 6) is -1.87. The minimum absolute atomic E-state index is 0.0664. The molecule has 3 aromatic rings. The van der Waals surface area contributed by atoms with E-state index in [-0.39, 0.29) is 18.3 Å². The zero-order valence-corrected chi connectivity index (χ0v) is 15.5. The smallest absolute Gasteiger partial charge is 0.305 e. The van der Waals surface area contributed by atoms with E-state index >= 15 is 0 Å². The molecule has 5 nitrogen and oxygen atoms in total.